The molecule has 0 unspecified atom stereocenters. The summed E-state index contributed by atoms with van der Waals surface area (Å²) in [5.41, 5.74) is 10.6. The first-order valence-corrected chi connectivity index (χ1v) is 5.73. The van der Waals surface area contributed by atoms with E-state index in [1.165, 1.54) is 0 Å². The predicted molar refractivity (Wildman–Crippen MR) is 70.1 cm³/mol. The maximum atomic E-state index is 6.04. The van der Waals surface area contributed by atoms with Gasteiger partial charge in [0.1, 0.15) is 11.3 Å². The van der Waals surface area contributed by atoms with Crippen molar-refractivity contribution in [3.05, 3.63) is 29.8 Å². The fourth-order valence-corrected chi connectivity index (χ4v) is 2.23. The van der Waals surface area contributed by atoms with Crippen LogP contribution in [0, 0.1) is 13.8 Å². The number of aryl methyl sites for hydroxylation is 3. The lowest BCUT2D eigenvalue weighted by atomic mass is 10.1. The summed E-state index contributed by atoms with van der Waals surface area (Å²) in [6.45, 7) is 3.79. The molecule has 5 nitrogen and oxygen atoms in total. The molecule has 3 aromatic rings. The molecule has 0 amide bonds. The third-order valence-electron chi connectivity index (χ3n) is 3.05. The number of hydrogen-bond acceptors (Lipinski definition) is 4. The molecule has 0 spiro atoms. The van der Waals surface area contributed by atoms with Crippen LogP contribution in [0.5, 0.6) is 0 Å². The number of rotatable bonds is 1. The Morgan fingerprint density at radius 3 is 2.72 bits per heavy atom. The number of nitrogens with zero attached hydrogens (tertiary/aromatic N) is 3. The lowest BCUT2D eigenvalue weighted by Gasteiger charge is -2.01. The average molecular weight is 242 g/mol. The maximum absolute atomic E-state index is 6.04. The van der Waals surface area contributed by atoms with Gasteiger partial charge in [-0.3, -0.25) is 4.68 Å². The first-order valence-electron chi connectivity index (χ1n) is 5.73. The maximum Gasteiger partial charge on any atom is 0.192 e. The van der Waals surface area contributed by atoms with Crippen molar-refractivity contribution in [2.24, 2.45) is 7.05 Å². The molecule has 2 aromatic heterocycles. The molecule has 5 heteroatoms. The van der Waals surface area contributed by atoms with Crippen LogP contribution < -0.4 is 5.73 Å². The first-order chi connectivity index (χ1) is 8.56. The van der Waals surface area contributed by atoms with E-state index in [0.717, 1.165) is 27.9 Å². The van der Waals surface area contributed by atoms with Crippen molar-refractivity contribution in [1.29, 1.82) is 0 Å². The number of benzene rings is 1. The Hall–Kier alpha value is -2.30. The van der Waals surface area contributed by atoms with Gasteiger partial charge in [0.05, 0.1) is 5.69 Å². The zero-order valence-electron chi connectivity index (χ0n) is 10.6. The monoisotopic (exact) mass is 242 g/mol. The summed E-state index contributed by atoms with van der Waals surface area (Å²) in [6.07, 6.45) is 0. The van der Waals surface area contributed by atoms with E-state index in [9.17, 15) is 0 Å². The molecular weight excluding hydrogens is 228 g/mol. The van der Waals surface area contributed by atoms with Gasteiger partial charge in [0.25, 0.3) is 0 Å². The third-order valence-corrected chi connectivity index (χ3v) is 3.05. The predicted octanol–water partition coefficient (Wildman–Crippen LogP) is 2.43. The fourth-order valence-electron chi connectivity index (χ4n) is 2.23. The molecule has 92 valence electrons. The largest absolute Gasteiger partial charge is 0.441 e. The Bertz CT molecular complexity index is 739. The second-order valence-corrected chi connectivity index (χ2v) is 4.38. The Morgan fingerprint density at radius 2 is 2.06 bits per heavy atom. The number of oxazole rings is 1. The zero-order valence-corrected chi connectivity index (χ0v) is 10.6. The molecule has 0 bridgehead atoms. The van der Waals surface area contributed by atoms with Gasteiger partial charge in [-0.2, -0.15) is 5.10 Å². The molecule has 0 aliphatic rings. The van der Waals surface area contributed by atoms with E-state index in [1.54, 1.807) is 4.68 Å². The van der Waals surface area contributed by atoms with Crippen LogP contribution in [0.2, 0.25) is 0 Å². The normalized spacial score (nSPS) is 11.3. The highest BCUT2D eigenvalue weighted by Gasteiger charge is 2.13. The zero-order chi connectivity index (χ0) is 12.9. The van der Waals surface area contributed by atoms with Crippen LogP contribution in [-0.4, -0.2) is 14.8 Å². The fraction of sp³-hybridized carbons (Fsp3) is 0.231. The van der Waals surface area contributed by atoms with Crippen LogP contribution in [0.3, 0.4) is 0 Å². The molecule has 3 rings (SSSR count). The number of anilines is 1. The van der Waals surface area contributed by atoms with E-state index in [-0.39, 0.29) is 0 Å². The van der Waals surface area contributed by atoms with Crippen molar-refractivity contribution in [3.8, 4) is 11.1 Å². The van der Waals surface area contributed by atoms with Gasteiger partial charge in [0.15, 0.2) is 11.5 Å². The van der Waals surface area contributed by atoms with Crippen molar-refractivity contribution >= 4 is 16.9 Å². The molecule has 0 radical (unpaired) electrons. The summed E-state index contributed by atoms with van der Waals surface area (Å²) in [4.78, 5) is 4.33. The third kappa shape index (κ3) is 1.48. The van der Waals surface area contributed by atoms with E-state index < -0.39 is 0 Å². The summed E-state index contributed by atoms with van der Waals surface area (Å²) in [6, 6.07) is 5.87. The van der Waals surface area contributed by atoms with E-state index >= 15 is 0 Å². The van der Waals surface area contributed by atoms with Gasteiger partial charge in [0, 0.05) is 19.5 Å². The SMILES string of the molecule is Cc1nc2cc(-c3c(C)nn(C)c3N)ccc2o1. The highest BCUT2D eigenvalue weighted by atomic mass is 16.3. The Morgan fingerprint density at radius 1 is 1.28 bits per heavy atom. The van der Waals surface area contributed by atoms with Crippen molar-refractivity contribution in [2.75, 3.05) is 5.73 Å². The smallest absolute Gasteiger partial charge is 0.192 e. The van der Waals surface area contributed by atoms with E-state index in [2.05, 4.69) is 10.1 Å². The minimum absolute atomic E-state index is 0.659. The number of aromatic nitrogens is 3. The number of nitrogens with two attached hydrogens (primary N) is 1. The molecule has 0 aliphatic heterocycles. The molecule has 2 heterocycles. The minimum Gasteiger partial charge on any atom is -0.441 e. The van der Waals surface area contributed by atoms with Crippen molar-refractivity contribution < 1.29 is 4.42 Å². The number of hydrogen-bond donors (Lipinski definition) is 1. The second-order valence-electron chi connectivity index (χ2n) is 4.38. The van der Waals surface area contributed by atoms with Gasteiger partial charge in [-0.25, -0.2) is 4.98 Å². The topological polar surface area (TPSA) is 69.9 Å². The molecule has 18 heavy (non-hydrogen) atoms. The minimum atomic E-state index is 0.659. The Labute approximate surface area is 104 Å². The molecule has 0 saturated carbocycles. The first kappa shape index (κ1) is 10.8. The van der Waals surface area contributed by atoms with Crippen LogP contribution in [0.4, 0.5) is 5.82 Å². The quantitative estimate of drug-likeness (QED) is 0.711. The molecule has 2 N–H and O–H groups in total. The van der Waals surface area contributed by atoms with Gasteiger partial charge in [-0.05, 0) is 24.6 Å². The van der Waals surface area contributed by atoms with Crippen molar-refractivity contribution in [2.45, 2.75) is 13.8 Å². The van der Waals surface area contributed by atoms with Crippen molar-refractivity contribution in [1.82, 2.24) is 14.8 Å². The van der Waals surface area contributed by atoms with Crippen LogP contribution in [0.25, 0.3) is 22.2 Å². The van der Waals surface area contributed by atoms with E-state index in [0.29, 0.717) is 11.7 Å². The highest BCUT2D eigenvalue weighted by molar-refractivity contribution is 5.84. The van der Waals surface area contributed by atoms with Crippen LogP contribution in [-0.2, 0) is 7.05 Å². The van der Waals surface area contributed by atoms with Gasteiger partial charge in [-0.1, -0.05) is 6.07 Å². The van der Waals surface area contributed by atoms with Gasteiger partial charge in [0.2, 0.25) is 0 Å². The summed E-state index contributed by atoms with van der Waals surface area (Å²) in [5, 5.41) is 4.32. The number of nitrogen functional groups attached to an aromatic ring is 1. The summed E-state index contributed by atoms with van der Waals surface area (Å²) in [7, 11) is 1.84. The van der Waals surface area contributed by atoms with Gasteiger partial charge >= 0.3 is 0 Å². The molecule has 0 atom stereocenters. The van der Waals surface area contributed by atoms with Gasteiger partial charge in [-0.15, -0.1) is 0 Å². The van der Waals surface area contributed by atoms with Crippen LogP contribution in [0.1, 0.15) is 11.6 Å². The van der Waals surface area contributed by atoms with Crippen LogP contribution >= 0.6 is 0 Å². The van der Waals surface area contributed by atoms with Crippen molar-refractivity contribution in [3.63, 3.8) is 0 Å². The molecule has 0 aliphatic carbocycles. The van der Waals surface area contributed by atoms with Crippen LogP contribution in [0.15, 0.2) is 22.6 Å². The Kier molecular flexibility index (Phi) is 2.16. The second kappa shape index (κ2) is 3.60. The molecule has 1 aromatic carbocycles. The van der Waals surface area contributed by atoms with Gasteiger partial charge < -0.3 is 10.2 Å². The number of fused-ring (bicyclic) bond motifs is 1. The van der Waals surface area contributed by atoms with E-state index in [4.69, 9.17) is 10.2 Å². The lowest BCUT2D eigenvalue weighted by molar-refractivity contribution is 0.561. The lowest BCUT2D eigenvalue weighted by Crippen LogP contribution is -1.97. The average Bonchev–Trinajstić information content (AvgIpc) is 2.78. The summed E-state index contributed by atoms with van der Waals surface area (Å²) >= 11 is 0. The Balaban J connectivity index is 2.24. The summed E-state index contributed by atoms with van der Waals surface area (Å²) in [5.74, 6) is 1.32. The molecular formula is C13H14N4O. The molecule has 0 fully saturated rings. The van der Waals surface area contributed by atoms with E-state index in [1.807, 2.05) is 39.1 Å². The molecule has 0 saturated heterocycles. The standard InChI is InChI=1S/C13H14N4O/c1-7-12(13(14)17(3)16-7)9-4-5-11-10(6-9)15-8(2)18-11/h4-6H,14H2,1-3H3. The summed E-state index contributed by atoms with van der Waals surface area (Å²) < 4.78 is 7.14. The highest BCUT2D eigenvalue weighted by Crippen LogP contribution is 2.31.